The van der Waals surface area contributed by atoms with Crippen LogP contribution >= 0.6 is 0 Å². The average molecular weight is 196 g/mol. The van der Waals surface area contributed by atoms with Crippen LogP contribution in [0.4, 0.5) is 0 Å². The molecule has 3 nitrogen and oxygen atoms in total. The third kappa shape index (κ3) is 2.98. The molecule has 3 heteroatoms. The van der Waals surface area contributed by atoms with Crippen molar-refractivity contribution >= 4 is 11.8 Å². The van der Waals surface area contributed by atoms with Crippen LogP contribution in [-0.2, 0) is 14.3 Å². The lowest BCUT2D eigenvalue weighted by molar-refractivity contribution is -0.152. The zero-order chi connectivity index (χ0) is 10.6. The van der Waals surface area contributed by atoms with E-state index in [9.17, 15) is 9.59 Å². The van der Waals surface area contributed by atoms with Crippen molar-refractivity contribution in [3.05, 3.63) is 12.2 Å². The van der Waals surface area contributed by atoms with Crippen molar-refractivity contribution in [1.82, 2.24) is 0 Å². The van der Waals surface area contributed by atoms with Crippen LogP contribution in [0.15, 0.2) is 12.2 Å². The van der Waals surface area contributed by atoms with Crippen molar-refractivity contribution < 1.29 is 14.3 Å². The molecule has 1 saturated carbocycles. The number of hydrogen-bond acceptors (Lipinski definition) is 3. The molecule has 1 atom stereocenters. The summed E-state index contributed by atoms with van der Waals surface area (Å²) in [5.74, 6) is -0.858. The number of Topliss-reactive ketones (excluding diaryl/α,β-unsaturated/α-hetero) is 1. The smallest absolute Gasteiger partial charge is 0.316 e. The lowest BCUT2D eigenvalue weighted by Crippen LogP contribution is -2.29. The summed E-state index contributed by atoms with van der Waals surface area (Å²) in [5.41, 5.74) is 0.793. The Morgan fingerprint density at radius 3 is 2.86 bits per heavy atom. The van der Waals surface area contributed by atoms with Gasteiger partial charge in [-0.2, -0.15) is 0 Å². The number of esters is 1. The van der Waals surface area contributed by atoms with Gasteiger partial charge < -0.3 is 4.74 Å². The van der Waals surface area contributed by atoms with Gasteiger partial charge in [-0.3, -0.25) is 9.59 Å². The number of ketones is 1. The van der Waals surface area contributed by atoms with Crippen LogP contribution < -0.4 is 0 Å². The average Bonchev–Trinajstić information content (AvgIpc) is 2.15. The van der Waals surface area contributed by atoms with Gasteiger partial charge in [0, 0.05) is 6.42 Å². The third-order valence-corrected chi connectivity index (χ3v) is 2.30. The Bertz CT molecular complexity index is 255. The van der Waals surface area contributed by atoms with E-state index in [4.69, 9.17) is 4.74 Å². The minimum absolute atomic E-state index is 0.0305. The molecule has 0 aromatic rings. The second kappa shape index (κ2) is 4.94. The summed E-state index contributed by atoms with van der Waals surface area (Å²) in [6.45, 7) is 5.64. The highest BCUT2D eigenvalue weighted by Gasteiger charge is 2.29. The first-order chi connectivity index (χ1) is 6.61. The molecule has 14 heavy (non-hydrogen) atoms. The van der Waals surface area contributed by atoms with E-state index in [-0.39, 0.29) is 18.4 Å². The van der Waals surface area contributed by atoms with Gasteiger partial charge in [-0.15, -0.1) is 0 Å². The van der Waals surface area contributed by atoms with Crippen molar-refractivity contribution in [2.75, 3.05) is 6.61 Å². The summed E-state index contributed by atoms with van der Waals surface area (Å²) < 4.78 is 4.95. The first-order valence-corrected chi connectivity index (χ1v) is 4.95. The fourth-order valence-electron chi connectivity index (χ4n) is 1.53. The minimum Gasteiger partial charge on any atom is -0.461 e. The molecular weight excluding hydrogens is 180 g/mol. The largest absolute Gasteiger partial charge is 0.461 e. The highest BCUT2D eigenvalue weighted by atomic mass is 16.5. The van der Waals surface area contributed by atoms with Crippen molar-refractivity contribution in [3.63, 3.8) is 0 Å². The van der Waals surface area contributed by atoms with Crippen LogP contribution in [0.3, 0.4) is 0 Å². The third-order valence-electron chi connectivity index (χ3n) is 2.30. The van der Waals surface area contributed by atoms with E-state index < -0.39 is 5.92 Å². The Hall–Kier alpha value is -1.12. The maximum Gasteiger partial charge on any atom is 0.316 e. The maximum atomic E-state index is 11.4. The van der Waals surface area contributed by atoms with Crippen LogP contribution in [0, 0.1) is 5.92 Å². The van der Waals surface area contributed by atoms with E-state index in [2.05, 4.69) is 6.58 Å². The van der Waals surface area contributed by atoms with Gasteiger partial charge in [0.25, 0.3) is 0 Å². The first kappa shape index (κ1) is 11.0. The molecule has 0 heterocycles. The molecule has 1 fully saturated rings. The molecule has 0 aromatic carbocycles. The molecule has 0 aromatic heterocycles. The number of carbonyl (C=O) groups excluding carboxylic acids is 2. The zero-order valence-electron chi connectivity index (χ0n) is 8.54. The monoisotopic (exact) mass is 196 g/mol. The van der Waals surface area contributed by atoms with Crippen LogP contribution in [0.1, 0.15) is 32.6 Å². The van der Waals surface area contributed by atoms with E-state index >= 15 is 0 Å². The number of rotatable bonds is 3. The Morgan fingerprint density at radius 2 is 2.29 bits per heavy atom. The topological polar surface area (TPSA) is 43.4 Å². The zero-order valence-corrected chi connectivity index (χ0v) is 8.54. The van der Waals surface area contributed by atoms with Crippen LogP contribution in [0.5, 0.6) is 0 Å². The quantitative estimate of drug-likeness (QED) is 0.393. The van der Waals surface area contributed by atoms with Crippen molar-refractivity contribution in [2.45, 2.75) is 32.6 Å². The van der Waals surface area contributed by atoms with E-state index in [0.717, 1.165) is 18.4 Å². The van der Waals surface area contributed by atoms with Crippen LogP contribution in [0.2, 0.25) is 0 Å². The highest BCUT2D eigenvalue weighted by Crippen LogP contribution is 2.21. The van der Waals surface area contributed by atoms with Gasteiger partial charge in [0.1, 0.15) is 18.3 Å². The van der Waals surface area contributed by atoms with Crippen LogP contribution in [-0.4, -0.2) is 18.4 Å². The normalized spacial score (nSPS) is 21.8. The SMILES string of the molecule is C=C(C)COC(=O)C1CCCCC1=O. The molecule has 1 rings (SSSR count). The summed E-state index contributed by atoms with van der Waals surface area (Å²) in [4.78, 5) is 22.8. The summed E-state index contributed by atoms with van der Waals surface area (Å²) in [6.07, 6.45) is 3.02. The molecule has 0 radical (unpaired) electrons. The van der Waals surface area contributed by atoms with Gasteiger partial charge >= 0.3 is 5.97 Å². The van der Waals surface area contributed by atoms with Gasteiger partial charge in [0.05, 0.1) is 0 Å². The highest BCUT2D eigenvalue weighted by molar-refractivity contribution is 5.99. The van der Waals surface area contributed by atoms with E-state index in [1.165, 1.54) is 0 Å². The van der Waals surface area contributed by atoms with Crippen molar-refractivity contribution in [1.29, 1.82) is 0 Å². The van der Waals surface area contributed by atoms with Crippen molar-refractivity contribution in [3.8, 4) is 0 Å². The number of hydrogen-bond donors (Lipinski definition) is 0. The Balaban J connectivity index is 2.42. The van der Waals surface area contributed by atoms with Crippen LogP contribution in [0.25, 0.3) is 0 Å². The molecule has 0 amide bonds. The lowest BCUT2D eigenvalue weighted by atomic mass is 9.88. The second-order valence-electron chi connectivity index (χ2n) is 3.83. The predicted molar refractivity (Wildman–Crippen MR) is 52.7 cm³/mol. The summed E-state index contributed by atoms with van der Waals surface area (Å²) >= 11 is 0. The molecule has 78 valence electrons. The molecule has 0 saturated heterocycles. The van der Waals surface area contributed by atoms with E-state index in [1.807, 2.05) is 0 Å². The Morgan fingerprint density at radius 1 is 1.57 bits per heavy atom. The van der Waals surface area contributed by atoms with E-state index in [1.54, 1.807) is 6.92 Å². The Kier molecular flexibility index (Phi) is 3.86. The predicted octanol–water partition coefficient (Wildman–Crippen LogP) is 1.86. The number of ether oxygens (including phenoxy) is 1. The molecule has 1 aliphatic carbocycles. The van der Waals surface area contributed by atoms with Gasteiger partial charge in [-0.05, 0) is 25.3 Å². The van der Waals surface area contributed by atoms with E-state index in [0.29, 0.717) is 12.8 Å². The Labute approximate surface area is 84.1 Å². The molecule has 0 N–H and O–H groups in total. The fourth-order valence-corrected chi connectivity index (χ4v) is 1.53. The molecule has 1 unspecified atom stereocenters. The molecule has 0 spiro atoms. The van der Waals surface area contributed by atoms with Gasteiger partial charge in [-0.1, -0.05) is 13.0 Å². The minimum atomic E-state index is -0.511. The van der Waals surface area contributed by atoms with Gasteiger partial charge in [-0.25, -0.2) is 0 Å². The molecule has 0 aliphatic heterocycles. The fraction of sp³-hybridized carbons (Fsp3) is 0.636. The lowest BCUT2D eigenvalue weighted by Gasteiger charge is -2.18. The summed E-state index contributed by atoms with van der Waals surface area (Å²) in [7, 11) is 0. The maximum absolute atomic E-state index is 11.4. The second-order valence-corrected chi connectivity index (χ2v) is 3.83. The standard InChI is InChI=1S/C11H16O3/c1-8(2)7-14-11(13)9-5-3-4-6-10(9)12/h9H,1,3-7H2,2H3. The summed E-state index contributed by atoms with van der Waals surface area (Å²) in [5, 5.41) is 0. The molecule has 0 bridgehead atoms. The van der Waals surface area contributed by atoms with Gasteiger partial charge in [0.15, 0.2) is 0 Å². The van der Waals surface area contributed by atoms with Crippen molar-refractivity contribution in [2.24, 2.45) is 5.92 Å². The molecular formula is C11H16O3. The molecule has 1 aliphatic rings. The van der Waals surface area contributed by atoms with Gasteiger partial charge in [0.2, 0.25) is 0 Å². The number of carbonyl (C=O) groups is 2. The summed E-state index contributed by atoms with van der Waals surface area (Å²) in [6, 6.07) is 0. The first-order valence-electron chi connectivity index (χ1n) is 4.95.